The van der Waals surface area contributed by atoms with Crippen LogP contribution in [0.2, 0.25) is 0 Å². The van der Waals surface area contributed by atoms with Crippen molar-refractivity contribution in [3.8, 4) is 11.5 Å². The molecule has 0 saturated heterocycles. The summed E-state index contributed by atoms with van der Waals surface area (Å²) in [6, 6.07) is 9.38. The number of carboxylic acids is 1. The quantitative estimate of drug-likeness (QED) is 0.612. The van der Waals surface area contributed by atoms with Gasteiger partial charge in [-0.25, -0.2) is 13.2 Å². The van der Waals surface area contributed by atoms with Crippen molar-refractivity contribution in [1.82, 2.24) is 10.1 Å². The SMILES string of the molecule is CC(C)c1noc(-c2ccc(NS(=O)(=O)c3cc(C(=O)O)cc4c3CCC4)cc2)n1. The number of rotatable bonds is 6. The molecule has 0 saturated carbocycles. The monoisotopic (exact) mass is 427 g/mol. The van der Waals surface area contributed by atoms with E-state index in [1.165, 1.54) is 6.07 Å². The molecule has 1 aliphatic carbocycles. The molecule has 4 rings (SSSR count). The van der Waals surface area contributed by atoms with Crippen molar-refractivity contribution in [3.05, 3.63) is 58.9 Å². The smallest absolute Gasteiger partial charge is 0.335 e. The number of nitrogens with zero attached hydrogens (tertiary/aromatic N) is 2. The predicted molar refractivity (Wildman–Crippen MR) is 110 cm³/mol. The zero-order valence-electron chi connectivity index (χ0n) is 16.5. The molecule has 0 spiro atoms. The molecule has 0 unspecified atom stereocenters. The molecule has 1 aliphatic rings. The first-order chi connectivity index (χ1) is 14.2. The topological polar surface area (TPSA) is 122 Å². The Morgan fingerprint density at radius 2 is 1.90 bits per heavy atom. The second-order valence-electron chi connectivity index (χ2n) is 7.57. The maximum Gasteiger partial charge on any atom is 0.335 e. The van der Waals surface area contributed by atoms with E-state index in [1.54, 1.807) is 30.3 Å². The third-order valence-electron chi connectivity index (χ3n) is 5.05. The summed E-state index contributed by atoms with van der Waals surface area (Å²) in [5, 5.41) is 13.3. The van der Waals surface area contributed by atoms with Crippen molar-refractivity contribution in [2.24, 2.45) is 0 Å². The Morgan fingerprint density at radius 1 is 1.17 bits per heavy atom. The Morgan fingerprint density at radius 3 is 2.53 bits per heavy atom. The summed E-state index contributed by atoms with van der Waals surface area (Å²) in [7, 11) is -3.94. The van der Waals surface area contributed by atoms with E-state index >= 15 is 0 Å². The number of carboxylic acid groups (broad SMARTS) is 1. The van der Waals surface area contributed by atoms with Crippen molar-refractivity contribution in [2.45, 2.75) is 43.9 Å². The summed E-state index contributed by atoms with van der Waals surface area (Å²) in [5.41, 5.74) is 2.48. The highest BCUT2D eigenvalue weighted by molar-refractivity contribution is 7.92. The molecular weight excluding hydrogens is 406 g/mol. The Balaban J connectivity index is 1.62. The van der Waals surface area contributed by atoms with Crippen LogP contribution in [-0.4, -0.2) is 29.6 Å². The lowest BCUT2D eigenvalue weighted by Gasteiger charge is -2.13. The molecule has 0 fully saturated rings. The first-order valence-corrected chi connectivity index (χ1v) is 11.1. The van der Waals surface area contributed by atoms with Crippen LogP contribution in [0.15, 0.2) is 45.8 Å². The molecule has 156 valence electrons. The fraction of sp³-hybridized carbons (Fsp3) is 0.286. The minimum absolute atomic E-state index is 0.0243. The number of aromatic carboxylic acids is 1. The van der Waals surface area contributed by atoms with Crippen LogP contribution >= 0.6 is 0 Å². The minimum Gasteiger partial charge on any atom is -0.478 e. The maximum absolute atomic E-state index is 13.0. The molecule has 0 atom stereocenters. The molecular formula is C21H21N3O5S. The van der Waals surface area contributed by atoms with Gasteiger partial charge in [-0.15, -0.1) is 0 Å². The van der Waals surface area contributed by atoms with Crippen molar-refractivity contribution in [1.29, 1.82) is 0 Å². The van der Waals surface area contributed by atoms with Crippen LogP contribution in [0, 0.1) is 0 Å². The molecule has 0 aliphatic heterocycles. The summed E-state index contributed by atoms with van der Waals surface area (Å²) < 4.78 is 33.8. The molecule has 2 aromatic carbocycles. The van der Waals surface area contributed by atoms with Gasteiger partial charge in [0.15, 0.2) is 5.82 Å². The van der Waals surface area contributed by atoms with Gasteiger partial charge in [0.25, 0.3) is 15.9 Å². The van der Waals surface area contributed by atoms with Crippen LogP contribution < -0.4 is 4.72 Å². The van der Waals surface area contributed by atoms with Crippen molar-refractivity contribution in [2.75, 3.05) is 4.72 Å². The number of anilines is 1. The summed E-state index contributed by atoms with van der Waals surface area (Å²) >= 11 is 0. The summed E-state index contributed by atoms with van der Waals surface area (Å²) in [5.74, 6) is -0.0512. The highest BCUT2D eigenvalue weighted by Crippen LogP contribution is 2.31. The Bertz CT molecular complexity index is 1210. The van der Waals surface area contributed by atoms with Gasteiger partial charge in [0.2, 0.25) is 0 Å². The number of aryl methyl sites for hydroxylation is 1. The molecule has 0 radical (unpaired) electrons. The van der Waals surface area contributed by atoms with E-state index in [0.29, 0.717) is 41.4 Å². The van der Waals surface area contributed by atoms with E-state index in [-0.39, 0.29) is 16.4 Å². The van der Waals surface area contributed by atoms with E-state index < -0.39 is 16.0 Å². The van der Waals surface area contributed by atoms with Gasteiger partial charge in [0.1, 0.15) is 0 Å². The first-order valence-electron chi connectivity index (χ1n) is 9.60. The van der Waals surface area contributed by atoms with E-state index in [9.17, 15) is 18.3 Å². The number of hydrogen-bond donors (Lipinski definition) is 2. The number of hydrogen-bond acceptors (Lipinski definition) is 6. The lowest BCUT2D eigenvalue weighted by Crippen LogP contribution is -2.16. The minimum atomic E-state index is -3.94. The average Bonchev–Trinajstić information content (AvgIpc) is 3.37. The number of aromatic nitrogens is 2. The second kappa shape index (κ2) is 7.56. The van der Waals surface area contributed by atoms with Gasteiger partial charge in [-0.1, -0.05) is 19.0 Å². The molecule has 1 heterocycles. The van der Waals surface area contributed by atoms with Crippen molar-refractivity contribution >= 4 is 21.7 Å². The number of carbonyl (C=O) groups is 1. The largest absolute Gasteiger partial charge is 0.478 e. The molecule has 0 amide bonds. The molecule has 30 heavy (non-hydrogen) atoms. The predicted octanol–water partition coefficient (Wildman–Crippen LogP) is 3.85. The van der Waals surface area contributed by atoms with Crippen LogP contribution in [0.25, 0.3) is 11.5 Å². The second-order valence-corrected chi connectivity index (χ2v) is 9.22. The van der Waals surface area contributed by atoms with E-state index in [4.69, 9.17) is 4.52 Å². The highest BCUT2D eigenvalue weighted by Gasteiger charge is 2.26. The molecule has 2 N–H and O–H groups in total. The fourth-order valence-corrected chi connectivity index (χ4v) is 4.90. The summed E-state index contributed by atoms with van der Waals surface area (Å²) in [6.07, 6.45) is 2.09. The van der Waals surface area contributed by atoms with Crippen LogP contribution in [0.3, 0.4) is 0 Å². The van der Waals surface area contributed by atoms with E-state index in [0.717, 1.165) is 12.0 Å². The lowest BCUT2D eigenvalue weighted by atomic mass is 10.1. The number of nitrogens with one attached hydrogen (secondary N) is 1. The highest BCUT2D eigenvalue weighted by atomic mass is 32.2. The lowest BCUT2D eigenvalue weighted by molar-refractivity contribution is 0.0696. The van der Waals surface area contributed by atoms with Crippen LogP contribution in [0.4, 0.5) is 5.69 Å². The van der Waals surface area contributed by atoms with E-state index in [2.05, 4.69) is 14.9 Å². The van der Waals surface area contributed by atoms with Crippen molar-refractivity contribution < 1.29 is 22.8 Å². The Kier molecular flexibility index (Phi) is 5.07. The van der Waals surface area contributed by atoms with Gasteiger partial charge >= 0.3 is 5.97 Å². The standard InChI is InChI=1S/C21H21N3O5S/c1-12(2)19-22-20(29-23-19)13-6-8-16(9-7-13)24-30(27,28)18-11-15(21(25)26)10-14-4-3-5-17(14)18/h6-12,24H,3-5H2,1-2H3,(H,25,26). The Labute approximate surface area is 174 Å². The van der Waals surface area contributed by atoms with Gasteiger partial charge < -0.3 is 9.63 Å². The van der Waals surface area contributed by atoms with Gasteiger partial charge in [0.05, 0.1) is 10.5 Å². The molecule has 3 aromatic rings. The zero-order valence-corrected chi connectivity index (χ0v) is 17.4. The van der Waals surface area contributed by atoms with Crippen LogP contribution in [0.1, 0.15) is 53.5 Å². The Hall–Kier alpha value is -3.20. The number of benzene rings is 2. The molecule has 9 heteroatoms. The normalized spacial score (nSPS) is 13.4. The third-order valence-corrected chi connectivity index (χ3v) is 6.50. The number of fused-ring (bicyclic) bond motifs is 1. The number of sulfonamides is 1. The van der Waals surface area contributed by atoms with Gasteiger partial charge in [0, 0.05) is 17.2 Å². The third kappa shape index (κ3) is 3.80. The summed E-state index contributed by atoms with van der Waals surface area (Å²) in [6.45, 7) is 3.92. The molecule has 8 nitrogen and oxygen atoms in total. The van der Waals surface area contributed by atoms with Crippen LogP contribution in [0.5, 0.6) is 0 Å². The van der Waals surface area contributed by atoms with E-state index in [1.807, 2.05) is 13.8 Å². The summed E-state index contributed by atoms with van der Waals surface area (Å²) in [4.78, 5) is 15.8. The maximum atomic E-state index is 13.0. The zero-order chi connectivity index (χ0) is 21.5. The van der Waals surface area contributed by atoms with Crippen LogP contribution in [-0.2, 0) is 22.9 Å². The molecule has 1 aromatic heterocycles. The average molecular weight is 427 g/mol. The van der Waals surface area contributed by atoms with Gasteiger partial charge in [-0.05, 0) is 66.8 Å². The van der Waals surface area contributed by atoms with Gasteiger partial charge in [-0.2, -0.15) is 4.98 Å². The fourth-order valence-electron chi connectivity index (χ4n) is 3.51. The first kappa shape index (κ1) is 20.1. The van der Waals surface area contributed by atoms with Crippen molar-refractivity contribution in [3.63, 3.8) is 0 Å². The molecule has 0 bridgehead atoms. The van der Waals surface area contributed by atoms with Gasteiger partial charge in [-0.3, -0.25) is 4.72 Å².